The van der Waals surface area contributed by atoms with E-state index in [1.165, 1.54) is 11.1 Å². The highest BCUT2D eigenvalue weighted by Crippen LogP contribution is 2.36. The van der Waals surface area contributed by atoms with Gasteiger partial charge in [0, 0.05) is 18.5 Å². The minimum atomic E-state index is 0.489. The van der Waals surface area contributed by atoms with E-state index in [2.05, 4.69) is 66.0 Å². The van der Waals surface area contributed by atoms with Crippen molar-refractivity contribution in [2.45, 2.75) is 12.0 Å². The molecule has 2 unspecified atom stereocenters. The van der Waals surface area contributed by atoms with E-state index in [-0.39, 0.29) is 0 Å². The van der Waals surface area contributed by atoms with Gasteiger partial charge in [0.25, 0.3) is 0 Å². The van der Waals surface area contributed by atoms with E-state index < -0.39 is 0 Å². The summed E-state index contributed by atoms with van der Waals surface area (Å²) in [7, 11) is 0. The molecule has 0 radical (unpaired) electrons. The highest BCUT2D eigenvalue weighted by molar-refractivity contribution is 5.31. The van der Waals surface area contributed by atoms with Crippen LogP contribution in [0.25, 0.3) is 0 Å². The molecule has 1 aliphatic heterocycles. The second kappa shape index (κ2) is 4.11. The summed E-state index contributed by atoms with van der Waals surface area (Å²) in [4.78, 5) is 0. The largest absolute Gasteiger partial charge is 0.309 e. The van der Waals surface area contributed by atoms with Gasteiger partial charge in [0.2, 0.25) is 0 Å². The first-order valence-corrected chi connectivity index (χ1v) is 5.78. The van der Waals surface area contributed by atoms with Crippen LogP contribution in [0.5, 0.6) is 0 Å². The molecule has 1 nitrogen and oxygen atoms in total. The van der Waals surface area contributed by atoms with Gasteiger partial charge in [-0.3, -0.25) is 0 Å². The monoisotopic (exact) mass is 209 g/mol. The molecule has 16 heavy (non-hydrogen) atoms. The topological polar surface area (TPSA) is 12.0 Å². The molecule has 1 aliphatic rings. The maximum absolute atomic E-state index is 3.51. The Hall–Kier alpha value is -1.60. The molecule has 2 aromatic rings. The molecule has 0 aromatic heterocycles. The van der Waals surface area contributed by atoms with Gasteiger partial charge < -0.3 is 5.32 Å². The van der Waals surface area contributed by atoms with Crippen molar-refractivity contribution >= 4 is 0 Å². The predicted octanol–water partition coefficient (Wildman–Crippen LogP) is 3.11. The lowest BCUT2D eigenvalue weighted by Gasteiger charge is -2.39. The van der Waals surface area contributed by atoms with Gasteiger partial charge in [-0.2, -0.15) is 0 Å². The molecular formula is C15H15N. The van der Waals surface area contributed by atoms with E-state index >= 15 is 0 Å². The van der Waals surface area contributed by atoms with E-state index in [1.54, 1.807) is 0 Å². The zero-order valence-corrected chi connectivity index (χ0v) is 9.14. The third-order valence-corrected chi connectivity index (χ3v) is 3.35. The molecule has 1 heteroatoms. The molecule has 1 saturated heterocycles. The fourth-order valence-corrected chi connectivity index (χ4v) is 2.37. The van der Waals surface area contributed by atoms with Crippen LogP contribution in [-0.4, -0.2) is 6.54 Å². The number of nitrogens with one attached hydrogen (secondary N) is 1. The van der Waals surface area contributed by atoms with Crippen LogP contribution >= 0.6 is 0 Å². The molecule has 1 N–H and O–H groups in total. The molecule has 0 bridgehead atoms. The Morgan fingerprint density at radius 1 is 0.750 bits per heavy atom. The molecule has 2 atom stereocenters. The normalized spacial score (nSPS) is 23.8. The molecule has 1 fully saturated rings. The van der Waals surface area contributed by atoms with Crippen molar-refractivity contribution in [2.24, 2.45) is 0 Å². The third-order valence-electron chi connectivity index (χ3n) is 3.35. The van der Waals surface area contributed by atoms with Gasteiger partial charge in [0.15, 0.2) is 0 Å². The summed E-state index contributed by atoms with van der Waals surface area (Å²) < 4.78 is 0. The Bertz CT molecular complexity index is 404. The van der Waals surface area contributed by atoms with Crippen molar-refractivity contribution < 1.29 is 0 Å². The Kier molecular flexibility index (Phi) is 2.47. The number of benzene rings is 2. The SMILES string of the molecule is c1ccc(C2CNC2c2ccccc2)cc1. The average Bonchev–Trinajstić information content (AvgIpc) is 2.30. The minimum absolute atomic E-state index is 0.489. The molecule has 0 saturated carbocycles. The maximum Gasteiger partial charge on any atom is 0.0402 e. The van der Waals surface area contributed by atoms with Crippen LogP contribution in [0.2, 0.25) is 0 Å². The van der Waals surface area contributed by atoms with Gasteiger partial charge in [-0.25, -0.2) is 0 Å². The smallest absolute Gasteiger partial charge is 0.0402 e. The van der Waals surface area contributed by atoms with Crippen molar-refractivity contribution in [3.05, 3.63) is 71.8 Å². The summed E-state index contributed by atoms with van der Waals surface area (Å²) in [6.45, 7) is 1.09. The third kappa shape index (κ3) is 1.63. The fourth-order valence-electron chi connectivity index (χ4n) is 2.37. The van der Waals surface area contributed by atoms with Crippen molar-refractivity contribution in [3.8, 4) is 0 Å². The standard InChI is InChI=1S/C15H15N/c1-3-7-12(8-4-1)14-11-16-15(14)13-9-5-2-6-10-13/h1-10,14-16H,11H2. The molecule has 3 rings (SSSR count). The van der Waals surface area contributed by atoms with Crippen molar-refractivity contribution in [2.75, 3.05) is 6.54 Å². The van der Waals surface area contributed by atoms with Gasteiger partial charge >= 0.3 is 0 Å². The molecule has 2 aromatic carbocycles. The molecular weight excluding hydrogens is 194 g/mol. The van der Waals surface area contributed by atoms with Crippen LogP contribution in [0.4, 0.5) is 0 Å². The zero-order chi connectivity index (χ0) is 10.8. The molecule has 0 amide bonds. The predicted molar refractivity (Wildman–Crippen MR) is 66.4 cm³/mol. The fraction of sp³-hybridized carbons (Fsp3) is 0.200. The van der Waals surface area contributed by atoms with Crippen molar-refractivity contribution in [1.29, 1.82) is 0 Å². The highest BCUT2D eigenvalue weighted by atomic mass is 15.0. The summed E-state index contributed by atoms with van der Waals surface area (Å²) in [5.74, 6) is 0.628. The van der Waals surface area contributed by atoms with Crippen LogP contribution in [0.15, 0.2) is 60.7 Å². The number of rotatable bonds is 2. The summed E-state index contributed by atoms with van der Waals surface area (Å²) in [5.41, 5.74) is 2.83. The Morgan fingerprint density at radius 2 is 1.31 bits per heavy atom. The van der Waals surface area contributed by atoms with Gasteiger partial charge in [-0.15, -0.1) is 0 Å². The van der Waals surface area contributed by atoms with E-state index in [1.807, 2.05) is 0 Å². The first kappa shape index (κ1) is 9.61. The first-order valence-electron chi connectivity index (χ1n) is 5.78. The molecule has 80 valence electrons. The molecule has 0 spiro atoms. The van der Waals surface area contributed by atoms with Crippen LogP contribution in [0, 0.1) is 0 Å². The van der Waals surface area contributed by atoms with Crippen LogP contribution in [-0.2, 0) is 0 Å². The Morgan fingerprint density at radius 3 is 1.81 bits per heavy atom. The van der Waals surface area contributed by atoms with E-state index in [4.69, 9.17) is 0 Å². The van der Waals surface area contributed by atoms with E-state index in [0.717, 1.165) is 6.54 Å². The Balaban J connectivity index is 1.85. The minimum Gasteiger partial charge on any atom is -0.309 e. The van der Waals surface area contributed by atoms with Gasteiger partial charge in [0.05, 0.1) is 0 Å². The Labute approximate surface area is 96.1 Å². The second-order valence-corrected chi connectivity index (χ2v) is 4.31. The number of hydrogen-bond acceptors (Lipinski definition) is 1. The zero-order valence-electron chi connectivity index (χ0n) is 9.14. The quantitative estimate of drug-likeness (QED) is 0.801. The second-order valence-electron chi connectivity index (χ2n) is 4.31. The van der Waals surface area contributed by atoms with E-state index in [9.17, 15) is 0 Å². The van der Waals surface area contributed by atoms with Gasteiger partial charge in [-0.05, 0) is 11.1 Å². The van der Waals surface area contributed by atoms with Crippen LogP contribution in [0.3, 0.4) is 0 Å². The summed E-state index contributed by atoms with van der Waals surface area (Å²) in [6.07, 6.45) is 0. The average molecular weight is 209 g/mol. The van der Waals surface area contributed by atoms with Crippen LogP contribution < -0.4 is 5.32 Å². The lowest BCUT2D eigenvalue weighted by molar-refractivity contribution is 0.318. The van der Waals surface area contributed by atoms with Gasteiger partial charge in [0.1, 0.15) is 0 Å². The van der Waals surface area contributed by atoms with Crippen molar-refractivity contribution in [1.82, 2.24) is 5.32 Å². The summed E-state index contributed by atoms with van der Waals surface area (Å²) in [6, 6.07) is 21.9. The lowest BCUT2D eigenvalue weighted by atomic mass is 9.81. The highest BCUT2D eigenvalue weighted by Gasteiger charge is 2.32. The number of hydrogen-bond donors (Lipinski definition) is 1. The summed E-state index contributed by atoms with van der Waals surface area (Å²) in [5, 5.41) is 3.51. The maximum atomic E-state index is 3.51. The lowest BCUT2D eigenvalue weighted by Crippen LogP contribution is -2.43. The van der Waals surface area contributed by atoms with E-state index in [0.29, 0.717) is 12.0 Å². The molecule has 0 aliphatic carbocycles. The first-order chi connectivity index (χ1) is 7.95. The van der Waals surface area contributed by atoms with Gasteiger partial charge in [-0.1, -0.05) is 60.7 Å². The van der Waals surface area contributed by atoms with Crippen LogP contribution in [0.1, 0.15) is 23.1 Å². The molecule has 1 heterocycles. The van der Waals surface area contributed by atoms with Crippen molar-refractivity contribution in [3.63, 3.8) is 0 Å². The summed E-state index contributed by atoms with van der Waals surface area (Å²) >= 11 is 0.